The average molecular weight is 409 g/mol. The molecule has 3 rings (SSSR count). The minimum absolute atomic E-state index is 0.296. The summed E-state index contributed by atoms with van der Waals surface area (Å²) in [7, 11) is 0. The number of benzene rings is 1. The van der Waals surface area contributed by atoms with Crippen LogP contribution in [-0.4, -0.2) is 38.6 Å². The van der Waals surface area contributed by atoms with Gasteiger partial charge in [0.15, 0.2) is 11.6 Å². The summed E-state index contributed by atoms with van der Waals surface area (Å²) < 4.78 is 7.25. The van der Waals surface area contributed by atoms with Gasteiger partial charge in [-0.25, -0.2) is 19.7 Å². The Morgan fingerprint density at radius 3 is 2.67 bits per heavy atom. The molecule has 0 saturated carbocycles. The number of nitrogens with two attached hydrogens (primary N) is 1. The SMILES string of the molecule is CC(C)COC(=O)c1ccc(Nc2ncnc(NCCCn3ccnc3)c2N)cc1. The van der Waals surface area contributed by atoms with Crippen LogP contribution in [-0.2, 0) is 11.3 Å². The van der Waals surface area contributed by atoms with Crippen molar-refractivity contribution >= 4 is 29.0 Å². The number of carbonyl (C=O) groups is 1. The number of nitrogens with zero attached hydrogens (tertiary/aromatic N) is 4. The molecule has 2 heterocycles. The molecule has 158 valence electrons. The first kappa shape index (κ1) is 21.1. The third kappa shape index (κ3) is 5.94. The number of hydrogen-bond acceptors (Lipinski definition) is 8. The van der Waals surface area contributed by atoms with Gasteiger partial charge in [0, 0.05) is 31.2 Å². The maximum Gasteiger partial charge on any atom is 0.338 e. The minimum atomic E-state index is -0.334. The van der Waals surface area contributed by atoms with Gasteiger partial charge in [-0.3, -0.25) is 0 Å². The van der Waals surface area contributed by atoms with Crippen molar-refractivity contribution in [2.75, 3.05) is 29.5 Å². The molecular weight excluding hydrogens is 382 g/mol. The molecule has 0 fully saturated rings. The molecule has 0 aliphatic rings. The van der Waals surface area contributed by atoms with E-state index < -0.39 is 0 Å². The van der Waals surface area contributed by atoms with E-state index in [9.17, 15) is 4.79 Å². The molecule has 9 nitrogen and oxygen atoms in total. The molecule has 0 aliphatic heterocycles. The van der Waals surface area contributed by atoms with E-state index in [1.807, 2.05) is 24.6 Å². The Morgan fingerprint density at radius 2 is 1.97 bits per heavy atom. The Hall–Kier alpha value is -3.62. The van der Waals surface area contributed by atoms with Crippen LogP contribution in [0.4, 0.5) is 23.0 Å². The number of aryl methyl sites for hydroxylation is 1. The minimum Gasteiger partial charge on any atom is -0.462 e. The Morgan fingerprint density at radius 1 is 1.20 bits per heavy atom. The lowest BCUT2D eigenvalue weighted by molar-refractivity contribution is 0.0459. The number of hydrogen-bond donors (Lipinski definition) is 3. The van der Waals surface area contributed by atoms with Gasteiger partial charge in [-0.15, -0.1) is 0 Å². The van der Waals surface area contributed by atoms with Crippen molar-refractivity contribution in [2.24, 2.45) is 5.92 Å². The molecule has 0 spiro atoms. The number of rotatable bonds is 10. The van der Waals surface area contributed by atoms with Crippen LogP contribution < -0.4 is 16.4 Å². The standard InChI is InChI=1S/C21H27N7O2/c1-15(2)12-30-21(29)16-4-6-17(7-5-16)27-20-18(22)19(25-13-26-20)24-8-3-10-28-11-9-23-14-28/h4-7,9,11,13-15H,3,8,10,12,22H2,1-2H3,(H2,24,25,26,27). The molecule has 3 aromatic rings. The highest BCUT2D eigenvalue weighted by Crippen LogP contribution is 2.26. The van der Waals surface area contributed by atoms with Gasteiger partial charge in [-0.1, -0.05) is 13.8 Å². The van der Waals surface area contributed by atoms with Crippen LogP contribution in [0, 0.1) is 5.92 Å². The lowest BCUT2D eigenvalue weighted by atomic mass is 10.2. The number of anilines is 4. The van der Waals surface area contributed by atoms with Crippen molar-refractivity contribution < 1.29 is 9.53 Å². The maximum atomic E-state index is 12.0. The predicted octanol–water partition coefficient (Wildman–Crippen LogP) is 3.31. The summed E-state index contributed by atoms with van der Waals surface area (Å²) in [5.41, 5.74) is 7.90. The van der Waals surface area contributed by atoms with Crippen LogP contribution >= 0.6 is 0 Å². The number of nitrogen functional groups attached to an aromatic ring is 1. The fourth-order valence-corrected chi connectivity index (χ4v) is 2.68. The van der Waals surface area contributed by atoms with Gasteiger partial charge < -0.3 is 25.7 Å². The topological polar surface area (TPSA) is 120 Å². The van der Waals surface area contributed by atoms with E-state index in [1.54, 1.807) is 36.8 Å². The molecule has 0 unspecified atom stereocenters. The molecular formula is C21H27N7O2. The Labute approximate surface area is 175 Å². The van der Waals surface area contributed by atoms with Gasteiger partial charge in [0.1, 0.15) is 12.0 Å². The number of ether oxygens (including phenoxy) is 1. The normalized spacial score (nSPS) is 10.8. The number of aromatic nitrogens is 4. The van der Waals surface area contributed by atoms with E-state index in [1.165, 1.54) is 6.33 Å². The van der Waals surface area contributed by atoms with Gasteiger partial charge in [0.25, 0.3) is 0 Å². The van der Waals surface area contributed by atoms with E-state index in [-0.39, 0.29) is 5.97 Å². The van der Waals surface area contributed by atoms with E-state index >= 15 is 0 Å². The van der Waals surface area contributed by atoms with Crippen LogP contribution in [0.1, 0.15) is 30.6 Å². The zero-order valence-corrected chi connectivity index (χ0v) is 17.2. The van der Waals surface area contributed by atoms with Crippen LogP contribution in [0.3, 0.4) is 0 Å². The lowest BCUT2D eigenvalue weighted by Gasteiger charge is -2.13. The zero-order chi connectivity index (χ0) is 21.3. The summed E-state index contributed by atoms with van der Waals surface area (Å²) in [6.45, 7) is 5.96. The third-order valence-corrected chi connectivity index (χ3v) is 4.26. The summed E-state index contributed by atoms with van der Waals surface area (Å²) in [6.07, 6.45) is 7.83. The van der Waals surface area contributed by atoms with Crippen molar-refractivity contribution in [3.05, 3.63) is 54.9 Å². The number of carbonyl (C=O) groups excluding carboxylic acids is 1. The smallest absolute Gasteiger partial charge is 0.338 e. The van der Waals surface area contributed by atoms with Gasteiger partial charge in [-0.05, 0) is 36.6 Å². The first-order valence-corrected chi connectivity index (χ1v) is 9.87. The summed E-state index contributed by atoms with van der Waals surface area (Å²) in [6, 6.07) is 6.98. The van der Waals surface area contributed by atoms with Crippen molar-refractivity contribution in [3.63, 3.8) is 0 Å². The molecule has 0 aliphatic carbocycles. The molecule has 0 saturated heterocycles. The maximum absolute atomic E-state index is 12.0. The molecule has 0 radical (unpaired) electrons. The highest BCUT2D eigenvalue weighted by Gasteiger charge is 2.10. The molecule has 1 aromatic carbocycles. The number of imidazole rings is 1. The fourth-order valence-electron chi connectivity index (χ4n) is 2.68. The van der Waals surface area contributed by atoms with E-state index in [2.05, 4.69) is 25.6 Å². The van der Waals surface area contributed by atoms with Crippen LogP contribution in [0.5, 0.6) is 0 Å². The molecule has 0 bridgehead atoms. The second-order valence-corrected chi connectivity index (χ2v) is 7.26. The van der Waals surface area contributed by atoms with Crippen molar-refractivity contribution in [3.8, 4) is 0 Å². The Bertz CT molecular complexity index is 940. The van der Waals surface area contributed by atoms with Gasteiger partial charge in [0.2, 0.25) is 0 Å². The average Bonchev–Trinajstić information content (AvgIpc) is 3.26. The van der Waals surface area contributed by atoms with Gasteiger partial charge in [-0.2, -0.15) is 0 Å². The second-order valence-electron chi connectivity index (χ2n) is 7.26. The summed E-state index contributed by atoms with van der Waals surface area (Å²) in [5, 5.41) is 6.40. The Balaban J connectivity index is 1.55. The van der Waals surface area contributed by atoms with Crippen LogP contribution in [0.15, 0.2) is 49.3 Å². The molecule has 9 heteroatoms. The largest absolute Gasteiger partial charge is 0.462 e. The first-order chi connectivity index (χ1) is 14.5. The quantitative estimate of drug-likeness (QED) is 0.345. The predicted molar refractivity (Wildman–Crippen MR) is 117 cm³/mol. The van der Waals surface area contributed by atoms with Crippen molar-refractivity contribution in [1.82, 2.24) is 19.5 Å². The van der Waals surface area contributed by atoms with Gasteiger partial charge in [0.05, 0.1) is 18.5 Å². The van der Waals surface area contributed by atoms with E-state index in [0.717, 1.165) is 18.7 Å². The molecule has 30 heavy (non-hydrogen) atoms. The Kier molecular flexibility index (Phi) is 7.20. The highest BCUT2D eigenvalue weighted by molar-refractivity contribution is 5.90. The highest BCUT2D eigenvalue weighted by atomic mass is 16.5. The summed E-state index contributed by atoms with van der Waals surface area (Å²) >= 11 is 0. The number of nitrogens with one attached hydrogen (secondary N) is 2. The van der Waals surface area contributed by atoms with Crippen LogP contribution in [0.2, 0.25) is 0 Å². The zero-order valence-electron chi connectivity index (χ0n) is 17.2. The van der Waals surface area contributed by atoms with Gasteiger partial charge >= 0.3 is 5.97 Å². The second kappa shape index (κ2) is 10.2. The monoisotopic (exact) mass is 409 g/mol. The molecule has 0 amide bonds. The molecule has 0 atom stereocenters. The van der Waals surface area contributed by atoms with E-state index in [4.69, 9.17) is 10.5 Å². The van der Waals surface area contributed by atoms with E-state index in [0.29, 0.717) is 42.0 Å². The van der Waals surface area contributed by atoms with Crippen LogP contribution in [0.25, 0.3) is 0 Å². The molecule has 2 aromatic heterocycles. The van der Waals surface area contributed by atoms with Crippen molar-refractivity contribution in [2.45, 2.75) is 26.8 Å². The molecule has 4 N–H and O–H groups in total. The summed E-state index contributed by atoms with van der Waals surface area (Å²) in [5.74, 6) is 1.03. The lowest BCUT2D eigenvalue weighted by Crippen LogP contribution is -2.11. The first-order valence-electron chi connectivity index (χ1n) is 9.87. The number of esters is 1. The summed E-state index contributed by atoms with van der Waals surface area (Å²) in [4.78, 5) is 24.5. The fraction of sp³-hybridized carbons (Fsp3) is 0.333. The van der Waals surface area contributed by atoms with Crippen molar-refractivity contribution in [1.29, 1.82) is 0 Å². The third-order valence-electron chi connectivity index (χ3n) is 4.26.